The van der Waals surface area contributed by atoms with Crippen molar-refractivity contribution in [2.45, 2.75) is 31.0 Å². The van der Waals surface area contributed by atoms with Crippen LogP contribution in [0.2, 0.25) is 0 Å². The highest BCUT2D eigenvalue weighted by atomic mass is 16.6. The highest BCUT2D eigenvalue weighted by Crippen LogP contribution is 2.30. The van der Waals surface area contributed by atoms with Crippen molar-refractivity contribution >= 4 is 5.97 Å². The van der Waals surface area contributed by atoms with E-state index in [0.717, 1.165) is 10.6 Å². The van der Waals surface area contributed by atoms with E-state index in [1.807, 2.05) is 0 Å². The monoisotopic (exact) mass is 330 g/mol. The standard InChI is InChI=1S/C13H18N2O8/c1-21-9(18)3-5-22-11-10(19)7(6-16)23-12(11)15-4-2-8(17)14-13(15)20/h2,4,7,10-12,16,19H,3,5-6H2,1H3,(H,14,17,20)/t7-,10+,11?,12-/m1/s1. The average molecular weight is 330 g/mol. The molecule has 0 radical (unpaired) electrons. The van der Waals surface area contributed by atoms with Gasteiger partial charge in [0.05, 0.1) is 26.7 Å². The number of hydrogen-bond donors (Lipinski definition) is 3. The van der Waals surface area contributed by atoms with Crippen molar-refractivity contribution in [2.75, 3.05) is 20.3 Å². The van der Waals surface area contributed by atoms with Gasteiger partial charge in [-0.25, -0.2) is 4.79 Å². The Morgan fingerprint density at radius 3 is 2.83 bits per heavy atom. The lowest BCUT2D eigenvalue weighted by Gasteiger charge is -2.22. The second-order valence-electron chi connectivity index (χ2n) is 4.92. The summed E-state index contributed by atoms with van der Waals surface area (Å²) in [4.78, 5) is 36.1. The number of H-pyrrole nitrogens is 1. The molecule has 10 nitrogen and oxygen atoms in total. The molecule has 1 aliphatic rings. The number of esters is 1. The summed E-state index contributed by atoms with van der Waals surface area (Å²) in [5.74, 6) is -0.491. The largest absolute Gasteiger partial charge is 0.469 e. The van der Waals surface area contributed by atoms with E-state index in [2.05, 4.69) is 9.72 Å². The summed E-state index contributed by atoms with van der Waals surface area (Å²) in [5.41, 5.74) is -1.32. The maximum atomic E-state index is 11.9. The number of aliphatic hydroxyl groups is 2. The zero-order chi connectivity index (χ0) is 17.0. The number of aromatic amines is 1. The minimum absolute atomic E-state index is 0.0449. The summed E-state index contributed by atoms with van der Waals surface area (Å²) < 4.78 is 16.4. The van der Waals surface area contributed by atoms with Gasteiger partial charge in [-0.05, 0) is 0 Å². The molecule has 23 heavy (non-hydrogen) atoms. The van der Waals surface area contributed by atoms with Crippen LogP contribution in [0.5, 0.6) is 0 Å². The number of aromatic nitrogens is 2. The molecule has 1 fully saturated rings. The molecule has 3 N–H and O–H groups in total. The van der Waals surface area contributed by atoms with Crippen LogP contribution in [-0.4, -0.2) is 64.4 Å². The molecule has 10 heteroatoms. The van der Waals surface area contributed by atoms with E-state index in [4.69, 9.17) is 9.47 Å². The van der Waals surface area contributed by atoms with Gasteiger partial charge in [0, 0.05) is 12.3 Å². The fourth-order valence-corrected chi connectivity index (χ4v) is 2.28. The third-order valence-electron chi connectivity index (χ3n) is 3.46. The van der Waals surface area contributed by atoms with E-state index >= 15 is 0 Å². The highest BCUT2D eigenvalue weighted by Gasteiger charge is 2.45. The zero-order valence-electron chi connectivity index (χ0n) is 12.4. The maximum Gasteiger partial charge on any atom is 0.330 e. The summed E-state index contributed by atoms with van der Waals surface area (Å²) in [6.45, 7) is -0.544. The van der Waals surface area contributed by atoms with Crippen LogP contribution in [0.4, 0.5) is 0 Å². The molecule has 1 unspecified atom stereocenters. The Bertz CT molecular complexity index is 654. The fraction of sp³-hybridized carbons (Fsp3) is 0.615. The Hall–Kier alpha value is -2.01. The predicted molar refractivity (Wildman–Crippen MR) is 74.7 cm³/mol. The number of carbonyl (C=O) groups excluding carboxylic acids is 1. The van der Waals surface area contributed by atoms with Gasteiger partial charge in [-0.1, -0.05) is 0 Å². The van der Waals surface area contributed by atoms with Gasteiger partial charge in [0.1, 0.15) is 18.3 Å². The first-order valence-corrected chi connectivity index (χ1v) is 6.92. The Kier molecular flexibility index (Phi) is 5.66. The van der Waals surface area contributed by atoms with Crippen LogP contribution < -0.4 is 11.2 Å². The quantitative estimate of drug-likeness (QED) is 0.496. The molecule has 1 saturated heterocycles. The smallest absolute Gasteiger partial charge is 0.330 e. The molecule has 1 aromatic heterocycles. The van der Waals surface area contributed by atoms with Gasteiger partial charge in [0.25, 0.3) is 5.56 Å². The molecule has 1 aromatic rings. The van der Waals surface area contributed by atoms with Gasteiger partial charge in [-0.3, -0.25) is 19.1 Å². The van der Waals surface area contributed by atoms with Gasteiger partial charge in [-0.15, -0.1) is 0 Å². The van der Waals surface area contributed by atoms with Crippen molar-refractivity contribution < 1.29 is 29.2 Å². The summed E-state index contributed by atoms with van der Waals surface area (Å²) >= 11 is 0. The van der Waals surface area contributed by atoms with E-state index in [-0.39, 0.29) is 13.0 Å². The van der Waals surface area contributed by atoms with Crippen molar-refractivity contribution in [3.05, 3.63) is 33.1 Å². The number of ether oxygens (including phenoxy) is 3. The third kappa shape index (κ3) is 3.85. The molecule has 0 bridgehead atoms. The first-order valence-electron chi connectivity index (χ1n) is 6.92. The number of rotatable bonds is 6. The van der Waals surface area contributed by atoms with Crippen LogP contribution in [0.1, 0.15) is 12.6 Å². The lowest BCUT2D eigenvalue weighted by atomic mass is 10.1. The number of nitrogens with zero attached hydrogens (tertiary/aromatic N) is 1. The summed E-state index contributed by atoms with van der Waals surface area (Å²) in [5, 5.41) is 19.4. The van der Waals surface area contributed by atoms with Crippen LogP contribution in [0.25, 0.3) is 0 Å². The number of methoxy groups -OCH3 is 1. The van der Waals surface area contributed by atoms with Crippen LogP contribution in [-0.2, 0) is 19.0 Å². The molecule has 0 saturated carbocycles. The summed E-state index contributed by atoms with van der Waals surface area (Å²) in [7, 11) is 1.24. The van der Waals surface area contributed by atoms with Crippen molar-refractivity contribution in [3.8, 4) is 0 Å². The Labute approximate surface area is 130 Å². The van der Waals surface area contributed by atoms with E-state index < -0.39 is 48.4 Å². The normalized spacial score (nSPS) is 27.1. The van der Waals surface area contributed by atoms with Crippen LogP contribution in [0.15, 0.2) is 21.9 Å². The molecular formula is C13H18N2O8. The minimum atomic E-state index is -1.21. The molecule has 0 spiro atoms. The number of aliphatic hydroxyl groups excluding tert-OH is 2. The van der Waals surface area contributed by atoms with E-state index in [1.165, 1.54) is 13.3 Å². The fourth-order valence-electron chi connectivity index (χ4n) is 2.28. The van der Waals surface area contributed by atoms with Crippen LogP contribution in [0.3, 0.4) is 0 Å². The van der Waals surface area contributed by atoms with Crippen LogP contribution in [0, 0.1) is 0 Å². The molecule has 128 valence electrons. The van der Waals surface area contributed by atoms with Crippen molar-refractivity contribution in [3.63, 3.8) is 0 Å². The summed E-state index contributed by atoms with van der Waals surface area (Å²) in [6.07, 6.45) is -3.06. The molecule has 0 aromatic carbocycles. The van der Waals surface area contributed by atoms with Gasteiger partial charge in [0.15, 0.2) is 6.23 Å². The van der Waals surface area contributed by atoms with Crippen molar-refractivity contribution in [1.29, 1.82) is 0 Å². The lowest BCUT2D eigenvalue weighted by molar-refractivity contribution is -0.143. The molecule has 0 amide bonds. The molecular weight excluding hydrogens is 312 g/mol. The molecule has 1 aliphatic heterocycles. The van der Waals surface area contributed by atoms with Gasteiger partial charge in [-0.2, -0.15) is 0 Å². The third-order valence-corrected chi connectivity index (χ3v) is 3.46. The SMILES string of the molecule is COC(=O)CCOC1[C@@H](O)[C@@H](CO)O[C@H]1n1ccc(=O)[nH]c1=O. The van der Waals surface area contributed by atoms with Gasteiger partial charge >= 0.3 is 11.7 Å². The first-order chi connectivity index (χ1) is 11.0. The van der Waals surface area contributed by atoms with Gasteiger partial charge in [0.2, 0.25) is 0 Å². The molecule has 4 atom stereocenters. The number of carbonyl (C=O) groups is 1. The Balaban J connectivity index is 2.18. The zero-order valence-corrected chi connectivity index (χ0v) is 12.4. The molecule has 0 aliphatic carbocycles. The second kappa shape index (κ2) is 7.51. The molecule has 2 rings (SSSR count). The van der Waals surface area contributed by atoms with E-state index in [9.17, 15) is 24.6 Å². The molecule has 2 heterocycles. The van der Waals surface area contributed by atoms with Crippen molar-refractivity contribution in [1.82, 2.24) is 9.55 Å². The van der Waals surface area contributed by atoms with E-state index in [1.54, 1.807) is 0 Å². The topological polar surface area (TPSA) is 140 Å². The minimum Gasteiger partial charge on any atom is -0.469 e. The first kappa shape index (κ1) is 17.3. The Morgan fingerprint density at radius 1 is 1.48 bits per heavy atom. The Morgan fingerprint density at radius 2 is 2.22 bits per heavy atom. The average Bonchev–Trinajstić information content (AvgIpc) is 2.83. The van der Waals surface area contributed by atoms with Crippen molar-refractivity contribution in [2.24, 2.45) is 0 Å². The highest BCUT2D eigenvalue weighted by molar-refractivity contribution is 5.69. The van der Waals surface area contributed by atoms with E-state index in [0.29, 0.717) is 0 Å². The van der Waals surface area contributed by atoms with Crippen LogP contribution >= 0.6 is 0 Å². The van der Waals surface area contributed by atoms with Gasteiger partial charge < -0.3 is 24.4 Å². The number of hydrogen-bond acceptors (Lipinski definition) is 8. The maximum absolute atomic E-state index is 11.9. The second-order valence-corrected chi connectivity index (χ2v) is 4.92. The lowest BCUT2D eigenvalue weighted by Crippen LogP contribution is -2.39. The number of nitrogens with one attached hydrogen (secondary N) is 1. The predicted octanol–water partition coefficient (Wildman–Crippen LogP) is -2.26. The summed E-state index contributed by atoms with van der Waals surface area (Å²) in [6, 6.07) is 1.12.